The van der Waals surface area contributed by atoms with E-state index in [4.69, 9.17) is 0 Å². The Kier molecular flexibility index (Phi) is 2.36. The van der Waals surface area contributed by atoms with E-state index in [1.165, 1.54) is 5.57 Å². The number of rotatable bonds is 1. The molecule has 0 spiro atoms. The largest absolute Gasteiger partial charge is 0.390 e. The fourth-order valence-corrected chi connectivity index (χ4v) is 0.932. The monoisotopic (exact) mass is 150 g/mol. The maximum Gasteiger partial charge on any atom is 0.0572 e. The summed E-state index contributed by atoms with van der Waals surface area (Å²) >= 11 is 0. The predicted octanol–water partition coefficient (Wildman–Crippen LogP) is 1.50. The number of hydrogen-bond donors (Lipinski definition) is 2. The Labute approximate surface area is 67.7 Å². The molecule has 60 valence electrons. The molecular formula is C9H14N2. The van der Waals surface area contributed by atoms with E-state index in [0.29, 0.717) is 0 Å². The van der Waals surface area contributed by atoms with Crippen molar-refractivity contribution in [2.24, 2.45) is 0 Å². The van der Waals surface area contributed by atoms with Crippen LogP contribution in [0.1, 0.15) is 13.8 Å². The fourth-order valence-electron chi connectivity index (χ4n) is 0.932. The molecule has 2 heteroatoms. The molecule has 1 rings (SSSR count). The van der Waals surface area contributed by atoms with Gasteiger partial charge in [-0.05, 0) is 31.6 Å². The van der Waals surface area contributed by atoms with Crippen LogP contribution in [0, 0.1) is 0 Å². The van der Waals surface area contributed by atoms with E-state index in [9.17, 15) is 0 Å². The van der Waals surface area contributed by atoms with Crippen LogP contribution in [-0.2, 0) is 0 Å². The van der Waals surface area contributed by atoms with Gasteiger partial charge in [-0.15, -0.1) is 0 Å². The van der Waals surface area contributed by atoms with Crippen molar-refractivity contribution in [1.29, 1.82) is 0 Å². The molecule has 0 saturated heterocycles. The summed E-state index contributed by atoms with van der Waals surface area (Å²) in [7, 11) is 1.92. The first-order valence-electron chi connectivity index (χ1n) is 3.74. The average Bonchev–Trinajstić information content (AvgIpc) is 2.03. The zero-order chi connectivity index (χ0) is 8.27. The maximum absolute atomic E-state index is 3.16. The number of hydrogen-bond acceptors (Lipinski definition) is 2. The third-order valence-electron chi connectivity index (χ3n) is 1.74. The van der Waals surface area contributed by atoms with Gasteiger partial charge in [-0.2, -0.15) is 0 Å². The van der Waals surface area contributed by atoms with E-state index >= 15 is 0 Å². The minimum absolute atomic E-state index is 1.15. The zero-order valence-corrected chi connectivity index (χ0v) is 7.23. The Hall–Kier alpha value is -1.18. The quantitative estimate of drug-likeness (QED) is 0.592. The zero-order valence-electron chi connectivity index (χ0n) is 7.23. The Balaban J connectivity index is 2.86. The van der Waals surface area contributed by atoms with Gasteiger partial charge in [0.25, 0.3) is 0 Å². The Morgan fingerprint density at radius 1 is 1.55 bits per heavy atom. The highest BCUT2D eigenvalue weighted by Gasteiger charge is 1.99. The van der Waals surface area contributed by atoms with Crippen LogP contribution < -0.4 is 10.6 Å². The lowest BCUT2D eigenvalue weighted by molar-refractivity contribution is 0.918. The topological polar surface area (TPSA) is 24.1 Å². The second kappa shape index (κ2) is 3.28. The minimum Gasteiger partial charge on any atom is -0.390 e. The van der Waals surface area contributed by atoms with Crippen molar-refractivity contribution in [3.8, 4) is 0 Å². The summed E-state index contributed by atoms with van der Waals surface area (Å²) in [6.45, 7) is 4.13. The van der Waals surface area contributed by atoms with Crippen LogP contribution in [0.25, 0.3) is 0 Å². The summed E-state index contributed by atoms with van der Waals surface area (Å²) in [6.07, 6.45) is 6.11. The van der Waals surface area contributed by atoms with E-state index in [0.717, 1.165) is 11.4 Å². The molecule has 0 aromatic rings. The Bertz CT molecular complexity index is 234. The predicted molar refractivity (Wildman–Crippen MR) is 47.8 cm³/mol. The van der Waals surface area contributed by atoms with Crippen molar-refractivity contribution in [3.05, 3.63) is 35.3 Å². The Morgan fingerprint density at radius 2 is 2.27 bits per heavy atom. The van der Waals surface area contributed by atoms with Gasteiger partial charge in [-0.25, -0.2) is 0 Å². The lowest BCUT2D eigenvalue weighted by atomic mass is 10.2. The second-order valence-corrected chi connectivity index (χ2v) is 2.65. The number of dihydropyridines is 1. The molecule has 0 amide bonds. The molecule has 0 radical (unpaired) electrons. The smallest absolute Gasteiger partial charge is 0.0572 e. The Morgan fingerprint density at radius 3 is 2.82 bits per heavy atom. The molecule has 0 aromatic heterocycles. The molecule has 2 nitrogen and oxygen atoms in total. The van der Waals surface area contributed by atoms with Gasteiger partial charge in [0.15, 0.2) is 0 Å². The molecule has 0 saturated carbocycles. The molecule has 0 fully saturated rings. The summed E-state index contributed by atoms with van der Waals surface area (Å²) < 4.78 is 0. The molecular weight excluding hydrogens is 136 g/mol. The van der Waals surface area contributed by atoms with Crippen LogP contribution in [0.5, 0.6) is 0 Å². The highest BCUT2D eigenvalue weighted by atomic mass is 14.9. The summed E-state index contributed by atoms with van der Waals surface area (Å²) in [4.78, 5) is 0. The maximum atomic E-state index is 3.16. The van der Waals surface area contributed by atoms with E-state index in [-0.39, 0.29) is 0 Å². The van der Waals surface area contributed by atoms with Gasteiger partial charge in [-0.3, -0.25) is 0 Å². The van der Waals surface area contributed by atoms with Crippen molar-refractivity contribution >= 4 is 0 Å². The molecule has 1 aliphatic heterocycles. The van der Waals surface area contributed by atoms with Crippen LogP contribution in [-0.4, -0.2) is 7.05 Å². The molecule has 0 bridgehead atoms. The van der Waals surface area contributed by atoms with Crippen molar-refractivity contribution < 1.29 is 0 Å². The standard InChI is InChI=1S/C9H14N2/c1-7-4-5-11-9(6-7)8(2)10-3/h4-6,10-11H,1-3H3/b9-8-. The molecule has 0 unspecified atom stereocenters. The van der Waals surface area contributed by atoms with Gasteiger partial charge in [0, 0.05) is 18.9 Å². The highest BCUT2D eigenvalue weighted by molar-refractivity contribution is 5.35. The first-order valence-corrected chi connectivity index (χ1v) is 3.74. The van der Waals surface area contributed by atoms with E-state index in [2.05, 4.69) is 23.6 Å². The van der Waals surface area contributed by atoms with Gasteiger partial charge in [0.1, 0.15) is 0 Å². The first kappa shape index (κ1) is 7.92. The van der Waals surface area contributed by atoms with Gasteiger partial charge in [-0.1, -0.05) is 0 Å². The van der Waals surface area contributed by atoms with E-state index in [1.54, 1.807) is 0 Å². The third-order valence-corrected chi connectivity index (χ3v) is 1.74. The van der Waals surface area contributed by atoms with Crippen LogP contribution in [0.2, 0.25) is 0 Å². The average molecular weight is 150 g/mol. The summed E-state index contributed by atoms with van der Waals surface area (Å²) in [5, 5.41) is 6.25. The number of allylic oxidation sites excluding steroid dienone is 4. The van der Waals surface area contributed by atoms with Crippen LogP contribution in [0.3, 0.4) is 0 Å². The van der Waals surface area contributed by atoms with Gasteiger partial charge in [0.05, 0.1) is 5.70 Å². The molecule has 0 atom stereocenters. The molecule has 1 heterocycles. The van der Waals surface area contributed by atoms with Crippen molar-refractivity contribution in [1.82, 2.24) is 10.6 Å². The fraction of sp³-hybridized carbons (Fsp3) is 0.333. The summed E-state index contributed by atoms with van der Waals surface area (Å²) in [6, 6.07) is 0. The van der Waals surface area contributed by atoms with Crippen molar-refractivity contribution in [2.75, 3.05) is 7.05 Å². The lowest BCUT2D eigenvalue weighted by Crippen LogP contribution is -2.15. The SMILES string of the molecule is CN/C(C)=C1/C=C(C)C=CN1. The van der Waals surface area contributed by atoms with E-state index < -0.39 is 0 Å². The minimum atomic E-state index is 1.15. The summed E-state index contributed by atoms with van der Waals surface area (Å²) in [5.41, 5.74) is 3.58. The lowest BCUT2D eigenvalue weighted by Gasteiger charge is -2.12. The molecule has 11 heavy (non-hydrogen) atoms. The normalized spacial score (nSPS) is 20.5. The van der Waals surface area contributed by atoms with Crippen molar-refractivity contribution in [3.63, 3.8) is 0 Å². The molecule has 0 aliphatic carbocycles. The van der Waals surface area contributed by atoms with Gasteiger partial charge in [0.2, 0.25) is 0 Å². The van der Waals surface area contributed by atoms with Gasteiger partial charge < -0.3 is 10.6 Å². The van der Waals surface area contributed by atoms with E-state index in [1.807, 2.05) is 26.2 Å². The second-order valence-electron chi connectivity index (χ2n) is 2.65. The molecule has 0 aromatic carbocycles. The first-order chi connectivity index (χ1) is 5.24. The van der Waals surface area contributed by atoms with Crippen molar-refractivity contribution in [2.45, 2.75) is 13.8 Å². The molecule has 2 N–H and O–H groups in total. The van der Waals surface area contributed by atoms with Crippen LogP contribution >= 0.6 is 0 Å². The molecule has 1 aliphatic rings. The highest BCUT2D eigenvalue weighted by Crippen LogP contribution is 2.08. The third kappa shape index (κ3) is 1.87. The van der Waals surface area contributed by atoms with Crippen LogP contribution in [0.4, 0.5) is 0 Å². The van der Waals surface area contributed by atoms with Crippen LogP contribution in [0.15, 0.2) is 35.3 Å². The number of nitrogens with one attached hydrogen (secondary N) is 2. The van der Waals surface area contributed by atoms with Gasteiger partial charge >= 0.3 is 0 Å². The summed E-state index contributed by atoms with van der Waals surface area (Å²) in [5.74, 6) is 0.